The molecule has 0 atom stereocenters. The third kappa shape index (κ3) is 8.62. The van der Waals surface area contributed by atoms with Crippen molar-refractivity contribution in [3.63, 3.8) is 0 Å². The smallest absolute Gasteiger partial charge is 0.475 e. The number of halogens is 6. The number of nitrogens with zero attached hydrogens (tertiary/aromatic N) is 1. The molecule has 3 fully saturated rings. The second-order valence-electron chi connectivity index (χ2n) is 10.9. The topological polar surface area (TPSA) is 138 Å². The number of carbonyl (C=O) groups excluding carboxylic acids is 1. The van der Waals surface area contributed by atoms with Crippen molar-refractivity contribution < 1.29 is 49.1 Å². The summed E-state index contributed by atoms with van der Waals surface area (Å²) >= 11 is 12.0. The molecule has 3 aliphatic rings. The van der Waals surface area contributed by atoms with Gasteiger partial charge in [-0.15, -0.1) is 0 Å². The van der Waals surface area contributed by atoms with Crippen LogP contribution in [-0.4, -0.2) is 68.5 Å². The number of aliphatic carboxylic acids is 1. The van der Waals surface area contributed by atoms with Crippen LogP contribution >= 0.6 is 23.2 Å². The van der Waals surface area contributed by atoms with E-state index in [1.54, 1.807) is 0 Å². The highest BCUT2D eigenvalue weighted by Gasteiger charge is 2.39. The standard InChI is InChI=1S/C25H27Cl2FN2O5S2.C2HF3O2/c26-17-10-18(27)12-21(11-17)36(32,33)19-5-7-30(8-6-19)14-16-9-24(28)23(13-22(16)15-1-2-15)25(31)29-37(34,35)20-3-4-20;3-2(4,5)1(6)7/h9-13,15,19-20H,1-8,14H2,(H,29,31);(H,6,7). The Hall–Kier alpha value is -2.46. The lowest BCUT2D eigenvalue weighted by molar-refractivity contribution is -0.192. The number of benzene rings is 2. The molecule has 2 aromatic rings. The largest absolute Gasteiger partial charge is 0.490 e. The first-order valence-corrected chi connectivity index (χ1v) is 17.3. The number of carbonyl (C=O) groups is 2. The molecule has 0 spiro atoms. The second-order valence-corrected chi connectivity index (χ2v) is 16.0. The number of nitrogens with one attached hydrogen (secondary N) is 1. The molecule has 2 aliphatic carbocycles. The van der Waals surface area contributed by atoms with Crippen LogP contribution in [0.4, 0.5) is 17.6 Å². The first-order chi connectivity index (χ1) is 20.4. The zero-order chi connectivity index (χ0) is 32.6. The average molecular weight is 704 g/mol. The number of alkyl halides is 3. The normalized spacial score (nSPS) is 18.3. The maximum absolute atomic E-state index is 15.0. The van der Waals surface area contributed by atoms with E-state index in [1.807, 2.05) is 4.72 Å². The summed E-state index contributed by atoms with van der Waals surface area (Å²) < 4.78 is 99.3. The number of amides is 1. The van der Waals surface area contributed by atoms with Gasteiger partial charge in [-0.25, -0.2) is 30.7 Å². The maximum atomic E-state index is 15.0. The van der Waals surface area contributed by atoms with Crippen molar-refractivity contribution in [1.29, 1.82) is 0 Å². The van der Waals surface area contributed by atoms with E-state index in [9.17, 15) is 34.8 Å². The van der Waals surface area contributed by atoms with Crippen molar-refractivity contribution in [3.05, 3.63) is 62.9 Å². The molecule has 1 saturated heterocycles. The molecule has 1 aliphatic heterocycles. The van der Waals surface area contributed by atoms with Crippen molar-refractivity contribution in [2.24, 2.45) is 0 Å². The average Bonchev–Trinajstić information content (AvgIpc) is 3.81. The van der Waals surface area contributed by atoms with Crippen molar-refractivity contribution >= 4 is 54.9 Å². The summed E-state index contributed by atoms with van der Waals surface area (Å²) in [6.45, 7) is 1.43. The number of rotatable bonds is 8. The van der Waals surface area contributed by atoms with E-state index in [0.29, 0.717) is 45.3 Å². The molecule has 2 saturated carbocycles. The minimum Gasteiger partial charge on any atom is -0.475 e. The van der Waals surface area contributed by atoms with Crippen LogP contribution < -0.4 is 4.72 Å². The lowest BCUT2D eigenvalue weighted by atomic mass is 9.98. The van der Waals surface area contributed by atoms with Gasteiger partial charge in [-0.3, -0.25) is 9.69 Å². The number of hydrogen-bond acceptors (Lipinski definition) is 7. The van der Waals surface area contributed by atoms with E-state index < -0.39 is 54.2 Å². The van der Waals surface area contributed by atoms with Gasteiger partial charge in [0, 0.05) is 16.6 Å². The van der Waals surface area contributed by atoms with Crippen molar-refractivity contribution in [3.8, 4) is 0 Å². The van der Waals surface area contributed by atoms with Crippen LogP contribution in [0, 0.1) is 5.82 Å². The molecule has 5 rings (SSSR count). The molecule has 1 heterocycles. The Labute approximate surface area is 261 Å². The lowest BCUT2D eigenvalue weighted by Gasteiger charge is -2.32. The number of sulfonamides is 1. The van der Waals surface area contributed by atoms with Crippen LogP contribution in [-0.2, 0) is 31.2 Å². The summed E-state index contributed by atoms with van der Waals surface area (Å²) in [5, 5.41) is 6.50. The second kappa shape index (κ2) is 13.1. The molecular weight excluding hydrogens is 675 g/mol. The van der Waals surface area contributed by atoms with Crippen molar-refractivity contribution in [2.75, 3.05) is 13.1 Å². The van der Waals surface area contributed by atoms with Gasteiger partial charge >= 0.3 is 12.1 Å². The molecule has 0 unspecified atom stereocenters. The molecular formula is C27H28Cl2F4N2O7S2. The molecule has 2 N–H and O–H groups in total. The number of carboxylic acid groups (broad SMARTS) is 1. The van der Waals surface area contributed by atoms with Crippen LogP contribution in [0.1, 0.15) is 65.9 Å². The van der Waals surface area contributed by atoms with Gasteiger partial charge in [-0.2, -0.15) is 13.2 Å². The Morgan fingerprint density at radius 1 is 0.886 bits per heavy atom. The Kier molecular flexibility index (Phi) is 10.3. The molecule has 0 aromatic heterocycles. The summed E-state index contributed by atoms with van der Waals surface area (Å²) in [7, 11) is -7.38. The van der Waals surface area contributed by atoms with E-state index in [0.717, 1.165) is 24.0 Å². The lowest BCUT2D eigenvalue weighted by Crippen LogP contribution is -2.39. The van der Waals surface area contributed by atoms with Crippen LogP contribution in [0.5, 0.6) is 0 Å². The maximum Gasteiger partial charge on any atom is 0.490 e. The van der Waals surface area contributed by atoms with E-state index in [-0.39, 0.29) is 26.4 Å². The van der Waals surface area contributed by atoms with E-state index in [4.69, 9.17) is 33.1 Å². The number of likely N-dealkylation sites (tertiary alicyclic amines) is 1. The first-order valence-electron chi connectivity index (χ1n) is 13.5. The molecule has 1 amide bonds. The summed E-state index contributed by atoms with van der Waals surface area (Å²) in [6, 6.07) is 7.12. The Balaban J connectivity index is 0.000000566. The number of piperidine rings is 1. The van der Waals surface area contributed by atoms with Gasteiger partial charge in [-0.05, 0) is 99.0 Å². The zero-order valence-electron chi connectivity index (χ0n) is 22.9. The van der Waals surface area contributed by atoms with Crippen molar-refractivity contribution in [1.82, 2.24) is 9.62 Å². The van der Waals surface area contributed by atoms with Gasteiger partial charge in [0.25, 0.3) is 5.91 Å². The quantitative estimate of drug-likeness (QED) is 0.354. The van der Waals surface area contributed by atoms with E-state index >= 15 is 4.39 Å². The summed E-state index contributed by atoms with van der Waals surface area (Å²) in [6.07, 6.45) is -1.42. The predicted octanol–water partition coefficient (Wildman–Crippen LogP) is 5.30. The van der Waals surface area contributed by atoms with Crippen LogP contribution in [0.15, 0.2) is 35.2 Å². The fourth-order valence-corrected chi connectivity index (χ4v) is 8.61. The van der Waals surface area contributed by atoms with Crippen LogP contribution in [0.3, 0.4) is 0 Å². The van der Waals surface area contributed by atoms with Gasteiger partial charge in [-0.1, -0.05) is 23.2 Å². The van der Waals surface area contributed by atoms with Crippen molar-refractivity contribution in [2.45, 2.75) is 72.6 Å². The van der Waals surface area contributed by atoms with Gasteiger partial charge in [0.05, 0.1) is 21.0 Å². The number of sulfone groups is 1. The summed E-state index contributed by atoms with van der Waals surface area (Å²) in [5.74, 6) is -4.26. The highest BCUT2D eigenvalue weighted by Crippen LogP contribution is 2.43. The van der Waals surface area contributed by atoms with Gasteiger partial charge in [0.2, 0.25) is 10.0 Å². The molecule has 242 valence electrons. The number of hydrogen-bond donors (Lipinski definition) is 2. The highest BCUT2D eigenvalue weighted by molar-refractivity contribution is 7.92. The molecule has 44 heavy (non-hydrogen) atoms. The van der Waals surface area contributed by atoms with Gasteiger partial charge in [0.15, 0.2) is 9.84 Å². The summed E-state index contributed by atoms with van der Waals surface area (Å²) in [4.78, 5) is 23.7. The van der Waals surface area contributed by atoms with Gasteiger partial charge in [0.1, 0.15) is 5.82 Å². The fraction of sp³-hybridized carbons (Fsp3) is 0.481. The van der Waals surface area contributed by atoms with E-state index in [1.165, 1.54) is 30.3 Å². The van der Waals surface area contributed by atoms with Gasteiger partial charge < -0.3 is 5.11 Å². The zero-order valence-corrected chi connectivity index (χ0v) is 26.1. The third-order valence-corrected chi connectivity index (χ3v) is 12.0. The summed E-state index contributed by atoms with van der Waals surface area (Å²) in [5.41, 5.74) is 1.32. The highest BCUT2D eigenvalue weighted by atomic mass is 35.5. The third-order valence-electron chi connectivity index (χ3n) is 7.46. The molecule has 0 bridgehead atoms. The minimum absolute atomic E-state index is 0.110. The SMILES string of the molecule is O=C(NS(=O)(=O)C1CC1)c1cc(C2CC2)c(CN2CCC(S(=O)(=O)c3cc(Cl)cc(Cl)c3)CC2)cc1F.O=C(O)C(F)(F)F. The predicted molar refractivity (Wildman–Crippen MR) is 153 cm³/mol. The molecule has 17 heteroatoms. The Bertz CT molecular complexity index is 1630. The fourth-order valence-electron chi connectivity index (χ4n) is 4.87. The number of carboxylic acids is 1. The molecule has 2 aromatic carbocycles. The van der Waals surface area contributed by atoms with Crippen LogP contribution in [0.25, 0.3) is 0 Å². The Morgan fingerprint density at radius 3 is 1.91 bits per heavy atom. The minimum atomic E-state index is -5.08. The molecule has 9 nitrogen and oxygen atoms in total. The van der Waals surface area contributed by atoms with E-state index in [2.05, 4.69) is 4.90 Å². The Morgan fingerprint density at radius 2 is 1.43 bits per heavy atom. The first kappa shape index (κ1) is 34.4. The van der Waals surface area contributed by atoms with Crippen LogP contribution in [0.2, 0.25) is 10.0 Å². The molecule has 0 radical (unpaired) electrons. The monoisotopic (exact) mass is 702 g/mol.